The number of carbonyl (C=O) groups excluding carboxylic acids is 1. The number of unbranched alkanes of at least 4 members (excludes halogenated alkanes) is 1. The predicted octanol–water partition coefficient (Wildman–Crippen LogP) is 3.62. The summed E-state index contributed by atoms with van der Waals surface area (Å²) in [5.41, 5.74) is 1.82. The van der Waals surface area contributed by atoms with Crippen LogP contribution in [0.15, 0.2) is 48.5 Å². The van der Waals surface area contributed by atoms with Gasteiger partial charge in [-0.25, -0.2) is 0 Å². The van der Waals surface area contributed by atoms with Gasteiger partial charge < -0.3 is 15.2 Å². The molecular weight excluding hydrogens is 364 g/mol. The molecule has 0 heterocycles. The smallest absolute Gasteiger partial charge is 0.307 e. The minimum absolute atomic E-state index is 0.0420. The molecule has 0 bridgehead atoms. The number of benzene rings is 2. The second-order valence-electron chi connectivity index (χ2n) is 5.90. The molecule has 142 valence electrons. The SMILES string of the molecule is CCCCOc1ccc(C(=O)NC(=S)Nc2ccc(CC(=O)O)cc2)cc1. The number of rotatable bonds is 8. The van der Waals surface area contributed by atoms with Crippen LogP contribution >= 0.6 is 12.2 Å². The van der Waals surface area contributed by atoms with E-state index in [-0.39, 0.29) is 17.4 Å². The highest BCUT2D eigenvalue weighted by Gasteiger charge is 2.08. The summed E-state index contributed by atoms with van der Waals surface area (Å²) in [4.78, 5) is 22.9. The number of carboxylic acids is 1. The Hall–Kier alpha value is -2.93. The number of aliphatic carboxylic acids is 1. The Morgan fingerprint density at radius 3 is 2.33 bits per heavy atom. The summed E-state index contributed by atoms with van der Waals surface area (Å²) in [5, 5.41) is 14.4. The Kier molecular flexibility index (Phi) is 7.76. The Morgan fingerprint density at radius 2 is 1.74 bits per heavy atom. The van der Waals surface area contributed by atoms with Gasteiger partial charge in [0, 0.05) is 11.3 Å². The van der Waals surface area contributed by atoms with E-state index in [0.717, 1.165) is 18.6 Å². The van der Waals surface area contributed by atoms with Gasteiger partial charge in [0.1, 0.15) is 5.75 Å². The highest BCUT2D eigenvalue weighted by molar-refractivity contribution is 7.80. The van der Waals surface area contributed by atoms with Crippen LogP contribution in [0.25, 0.3) is 0 Å². The molecule has 0 aliphatic carbocycles. The zero-order valence-corrected chi connectivity index (χ0v) is 15.8. The lowest BCUT2D eigenvalue weighted by Crippen LogP contribution is -2.34. The first-order valence-electron chi connectivity index (χ1n) is 8.64. The zero-order valence-electron chi connectivity index (χ0n) is 15.0. The third-order valence-electron chi connectivity index (χ3n) is 3.68. The van der Waals surface area contributed by atoms with Gasteiger partial charge in [-0.15, -0.1) is 0 Å². The van der Waals surface area contributed by atoms with E-state index in [1.54, 1.807) is 48.5 Å². The minimum Gasteiger partial charge on any atom is -0.494 e. The van der Waals surface area contributed by atoms with E-state index in [9.17, 15) is 9.59 Å². The molecule has 6 nitrogen and oxygen atoms in total. The van der Waals surface area contributed by atoms with Gasteiger partial charge in [0.15, 0.2) is 5.11 Å². The number of hydrogen-bond donors (Lipinski definition) is 3. The zero-order chi connectivity index (χ0) is 19.6. The molecule has 0 spiro atoms. The van der Waals surface area contributed by atoms with Gasteiger partial charge in [-0.05, 0) is 60.6 Å². The number of anilines is 1. The quantitative estimate of drug-likeness (QED) is 0.474. The van der Waals surface area contributed by atoms with Crippen LogP contribution in [0.2, 0.25) is 0 Å². The molecular formula is C20H22N2O4S. The van der Waals surface area contributed by atoms with Crippen molar-refractivity contribution in [1.29, 1.82) is 0 Å². The number of carbonyl (C=O) groups is 2. The maximum atomic E-state index is 12.2. The Balaban J connectivity index is 1.85. The van der Waals surface area contributed by atoms with Crippen LogP contribution in [0.3, 0.4) is 0 Å². The molecule has 2 aromatic carbocycles. The highest BCUT2D eigenvalue weighted by atomic mass is 32.1. The standard InChI is InChI=1S/C20H22N2O4S/c1-2-3-12-26-17-10-6-15(7-11-17)19(25)22-20(27)21-16-8-4-14(5-9-16)13-18(23)24/h4-11H,2-3,12-13H2,1H3,(H,23,24)(H2,21,22,25,27). The molecule has 1 amide bonds. The lowest BCUT2D eigenvalue weighted by atomic mass is 10.1. The van der Waals surface area contributed by atoms with Gasteiger partial charge in [0.2, 0.25) is 0 Å². The van der Waals surface area contributed by atoms with Crippen molar-refractivity contribution in [2.24, 2.45) is 0 Å². The van der Waals surface area contributed by atoms with Gasteiger partial charge in [-0.2, -0.15) is 0 Å². The fourth-order valence-electron chi connectivity index (χ4n) is 2.26. The van der Waals surface area contributed by atoms with Crippen molar-refractivity contribution in [2.75, 3.05) is 11.9 Å². The first-order chi connectivity index (χ1) is 13.0. The molecule has 0 aromatic heterocycles. The number of hydrogen-bond acceptors (Lipinski definition) is 4. The van der Waals surface area contributed by atoms with Crippen molar-refractivity contribution in [3.63, 3.8) is 0 Å². The van der Waals surface area contributed by atoms with Crippen LogP contribution in [-0.4, -0.2) is 28.7 Å². The van der Waals surface area contributed by atoms with Crippen LogP contribution in [0, 0.1) is 0 Å². The molecule has 0 aliphatic heterocycles. The summed E-state index contributed by atoms with van der Waals surface area (Å²) in [5.74, 6) is -0.488. The molecule has 27 heavy (non-hydrogen) atoms. The van der Waals surface area contributed by atoms with Crippen LogP contribution in [0.4, 0.5) is 5.69 Å². The molecule has 0 fully saturated rings. The highest BCUT2D eigenvalue weighted by Crippen LogP contribution is 2.13. The van der Waals surface area contributed by atoms with E-state index in [2.05, 4.69) is 17.6 Å². The first kappa shape index (κ1) is 20.4. The predicted molar refractivity (Wildman–Crippen MR) is 108 cm³/mol. The average Bonchev–Trinajstić information content (AvgIpc) is 2.63. The van der Waals surface area contributed by atoms with Crippen LogP contribution in [0.5, 0.6) is 5.75 Å². The van der Waals surface area contributed by atoms with E-state index in [1.807, 2.05) is 0 Å². The average molecular weight is 386 g/mol. The van der Waals surface area contributed by atoms with E-state index >= 15 is 0 Å². The number of thiocarbonyl (C=S) groups is 1. The van der Waals surface area contributed by atoms with Crippen LogP contribution in [-0.2, 0) is 11.2 Å². The molecule has 0 saturated heterocycles. The second kappa shape index (κ2) is 10.3. The van der Waals surface area contributed by atoms with Gasteiger partial charge in [-0.3, -0.25) is 14.9 Å². The van der Waals surface area contributed by atoms with Crippen molar-refractivity contribution in [2.45, 2.75) is 26.2 Å². The largest absolute Gasteiger partial charge is 0.494 e. The summed E-state index contributed by atoms with van der Waals surface area (Å²) in [7, 11) is 0. The van der Waals surface area contributed by atoms with Crippen molar-refractivity contribution in [1.82, 2.24) is 5.32 Å². The van der Waals surface area contributed by atoms with E-state index in [1.165, 1.54) is 0 Å². The molecule has 2 aromatic rings. The maximum Gasteiger partial charge on any atom is 0.307 e. The van der Waals surface area contributed by atoms with Gasteiger partial charge in [-0.1, -0.05) is 25.5 Å². The summed E-state index contributed by atoms with van der Waals surface area (Å²) in [6.07, 6.45) is 2.01. The fraction of sp³-hybridized carbons (Fsp3) is 0.250. The van der Waals surface area contributed by atoms with Gasteiger partial charge >= 0.3 is 5.97 Å². The molecule has 0 saturated carbocycles. The van der Waals surface area contributed by atoms with E-state index in [4.69, 9.17) is 22.1 Å². The van der Waals surface area contributed by atoms with Gasteiger partial charge in [0.25, 0.3) is 5.91 Å². The summed E-state index contributed by atoms with van der Waals surface area (Å²) in [6.45, 7) is 2.75. The van der Waals surface area contributed by atoms with Crippen LogP contribution in [0.1, 0.15) is 35.7 Å². The second-order valence-corrected chi connectivity index (χ2v) is 6.31. The van der Waals surface area contributed by atoms with Crippen molar-refractivity contribution in [3.8, 4) is 5.75 Å². The molecule has 0 aliphatic rings. The third kappa shape index (κ3) is 7.07. The lowest BCUT2D eigenvalue weighted by molar-refractivity contribution is -0.136. The summed E-state index contributed by atoms with van der Waals surface area (Å²) >= 11 is 5.15. The fourth-order valence-corrected chi connectivity index (χ4v) is 2.47. The number of amides is 1. The Morgan fingerprint density at radius 1 is 1.07 bits per heavy atom. The lowest BCUT2D eigenvalue weighted by Gasteiger charge is -2.10. The normalized spacial score (nSPS) is 10.1. The van der Waals surface area contributed by atoms with Gasteiger partial charge in [0.05, 0.1) is 13.0 Å². The number of nitrogens with one attached hydrogen (secondary N) is 2. The molecule has 2 rings (SSSR count). The van der Waals surface area contributed by atoms with Crippen molar-refractivity contribution < 1.29 is 19.4 Å². The number of carboxylic acid groups (broad SMARTS) is 1. The summed E-state index contributed by atoms with van der Waals surface area (Å²) in [6, 6.07) is 13.7. The molecule has 0 atom stereocenters. The Labute approximate surface area is 163 Å². The van der Waals surface area contributed by atoms with Crippen LogP contribution < -0.4 is 15.4 Å². The monoisotopic (exact) mass is 386 g/mol. The molecule has 3 N–H and O–H groups in total. The maximum absolute atomic E-state index is 12.2. The molecule has 0 unspecified atom stereocenters. The van der Waals surface area contributed by atoms with E-state index < -0.39 is 5.97 Å². The van der Waals surface area contributed by atoms with Crippen molar-refractivity contribution in [3.05, 3.63) is 59.7 Å². The Bertz CT molecular complexity index is 789. The minimum atomic E-state index is -0.889. The first-order valence-corrected chi connectivity index (χ1v) is 9.04. The third-order valence-corrected chi connectivity index (χ3v) is 3.88. The molecule has 0 radical (unpaired) electrons. The van der Waals surface area contributed by atoms with E-state index in [0.29, 0.717) is 23.4 Å². The molecule has 7 heteroatoms. The summed E-state index contributed by atoms with van der Waals surface area (Å²) < 4.78 is 5.57. The van der Waals surface area contributed by atoms with Crippen molar-refractivity contribution >= 4 is 34.9 Å². The topological polar surface area (TPSA) is 87.7 Å². The number of ether oxygens (including phenoxy) is 1.